The number of H-pyrrole nitrogens is 1. The van der Waals surface area contributed by atoms with Gasteiger partial charge in [-0.2, -0.15) is 5.10 Å². The number of carbonyl (C=O) groups is 1. The summed E-state index contributed by atoms with van der Waals surface area (Å²) >= 11 is 0. The maximum Gasteiger partial charge on any atom is 0.224 e. The first-order chi connectivity index (χ1) is 12.8. The third kappa shape index (κ3) is 3.64. The van der Waals surface area contributed by atoms with Crippen LogP contribution >= 0.6 is 0 Å². The summed E-state index contributed by atoms with van der Waals surface area (Å²) in [6, 6.07) is 16.1. The van der Waals surface area contributed by atoms with E-state index in [-0.39, 0.29) is 5.91 Å². The van der Waals surface area contributed by atoms with Gasteiger partial charge in [0.1, 0.15) is 12.7 Å². The lowest BCUT2D eigenvalue weighted by Gasteiger charge is -2.07. The van der Waals surface area contributed by atoms with Crippen LogP contribution in [0.2, 0.25) is 0 Å². The van der Waals surface area contributed by atoms with Crippen molar-refractivity contribution in [2.24, 2.45) is 0 Å². The molecule has 0 atom stereocenters. The fraction of sp³-hybridized carbons (Fsp3) is 0.150. The molecule has 6 heteroatoms. The summed E-state index contributed by atoms with van der Waals surface area (Å²) in [4.78, 5) is 19.4. The fourth-order valence-corrected chi connectivity index (χ4v) is 2.98. The predicted octanol–water partition coefficient (Wildman–Crippen LogP) is 2.67. The molecule has 6 nitrogen and oxygen atoms in total. The van der Waals surface area contributed by atoms with E-state index in [1.165, 1.54) is 6.33 Å². The Kier molecular flexibility index (Phi) is 4.47. The van der Waals surface area contributed by atoms with Crippen molar-refractivity contribution in [2.45, 2.75) is 19.5 Å². The second-order valence-corrected chi connectivity index (χ2v) is 6.22. The minimum Gasteiger partial charge on any atom is -0.361 e. The molecule has 4 rings (SSSR count). The van der Waals surface area contributed by atoms with Crippen molar-refractivity contribution in [3.63, 3.8) is 0 Å². The Morgan fingerprint density at radius 2 is 1.88 bits per heavy atom. The summed E-state index contributed by atoms with van der Waals surface area (Å²) < 4.78 is 1.78. The maximum atomic E-state index is 12.3. The van der Waals surface area contributed by atoms with Crippen molar-refractivity contribution in [1.82, 2.24) is 25.1 Å². The Morgan fingerprint density at radius 3 is 2.69 bits per heavy atom. The van der Waals surface area contributed by atoms with E-state index in [9.17, 15) is 4.79 Å². The lowest BCUT2D eigenvalue weighted by atomic mass is 10.1. The largest absolute Gasteiger partial charge is 0.361 e. The zero-order chi connectivity index (χ0) is 17.8. The molecule has 0 fully saturated rings. The SMILES string of the molecule is O=C(Cc1c[nH]c2ccccc12)NCc1ccc(Cn2cncn2)cc1. The number of amides is 1. The zero-order valence-electron chi connectivity index (χ0n) is 14.2. The van der Waals surface area contributed by atoms with Gasteiger partial charge in [-0.1, -0.05) is 42.5 Å². The number of hydrogen-bond acceptors (Lipinski definition) is 3. The van der Waals surface area contributed by atoms with E-state index in [0.717, 1.165) is 27.6 Å². The molecular formula is C20H19N5O. The van der Waals surface area contributed by atoms with Crippen LogP contribution in [0, 0.1) is 0 Å². The van der Waals surface area contributed by atoms with E-state index in [2.05, 4.69) is 20.4 Å². The van der Waals surface area contributed by atoms with Crippen molar-refractivity contribution >= 4 is 16.8 Å². The highest BCUT2D eigenvalue weighted by Crippen LogP contribution is 2.18. The Hall–Kier alpha value is -3.41. The summed E-state index contributed by atoms with van der Waals surface area (Å²) in [5, 5.41) is 8.18. The van der Waals surface area contributed by atoms with E-state index in [4.69, 9.17) is 0 Å². The molecule has 0 bridgehead atoms. The number of carbonyl (C=O) groups excluding carboxylic acids is 1. The lowest BCUT2D eigenvalue weighted by Crippen LogP contribution is -2.24. The Labute approximate surface area is 150 Å². The average molecular weight is 345 g/mol. The standard InChI is InChI=1S/C20H19N5O/c26-20(9-17-11-22-19-4-2-1-3-18(17)19)23-10-15-5-7-16(8-6-15)12-25-14-21-13-24-25/h1-8,11,13-14,22H,9-10,12H2,(H,23,26). The smallest absolute Gasteiger partial charge is 0.224 e. The Morgan fingerprint density at radius 1 is 1.08 bits per heavy atom. The van der Waals surface area contributed by atoms with Crippen LogP contribution in [0.5, 0.6) is 0 Å². The molecule has 0 saturated carbocycles. The van der Waals surface area contributed by atoms with Gasteiger partial charge in [-0.3, -0.25) is 4.79 Å². The zero-order valence-corrected chi connectivity index (χ0v) is 14.2. The van der Waals surface area contributed by atoms with Gasteiger partial charge in [0.25, 0.3) is 0 Å². The molecule has 0 aliphatic rings. The first-order valence-corrected chi connectivity index (χ1v) is 8.50. The summed E-state index contributed by atoms with van der Waals surface area (Å²) in [5.41, 5.74) is 4.28. The Bertz CT molecular complexity index is 1000. The molecule has 130 valence electrons. The second kappa shape index (κ2) is 7.23. The minimum atomic E-state index is 0.0152. The molecule has 0 radical (unpaired) electrons. The molecular weight excluding hydrogens is 326 g/mol. The summed E-state index contributed by atoms with van der Waals surface area (Å²) in [7, 11) is 0. The van der Waals surface area contributed by atoms with E-state index in [1.54, 1.807) is 11.0 Å². The lowest BCUT2D eigenvalue weighted by molar-refractivity contribution is -0.120. The molecule has 0 saturated heterocycles. The van der Waals surface area contributed by atoms with Gasteiger partial charge in [0, 0.05) is 23.6 Å². The van der Waals surface area contributed by atoms with Crippen molar-refractivity contribution in [1.29, 1.82) is 0 Å². The van der Waals surface area contributed by atoms with Crippen molar-refractivity contribution in [3.8, 4) is 0 Å². The van der Waals surface area contributed by atoms with Crippen LogP contribution in [-0.2, 0) is 24.3 Å². The van der Waals surface area contributed by atoms with Crippen LogP contribution in [0.1, 0.15) is 16.7 Å². The summed E-state index contributed by atoms with van der Waals surface area (Å²) in [5.74, 6) is 0.0152. The molecule has 26 heavy (non-hydrogen) atoms. The minimum absolute atomic E-state index is 0.0152. The van der Waals surface area contributed by atoms with E-state index in [0.29, 0.717) is 19.5 Å². The number of rotatable bonds is 6. The van der Waals surface area contributed by atoms with Gasteiger partial charge in [-0.15, -0.1) is 0 Å². The van der Waals surface area contributed by atoms with Gasteiger partial charge < -0.3 is 10.3 Å². The van der Waals surface area contributed by atoms with Crippen molar-refractivity contribution in [2.75, 3.05) is 0 Å². The van der Waals surface area contributed by atoms with E-state index in [1.807, 2.05) is 54.7 Å². The first-order valence-electron chi connectivity index (χ1n) is 8.50. The molecule has 0 unspecified atom stereocenters. The van der Waals surface area contributed by atoms with Gasteiger partial charge in [0.2, 0.25) is 5.91 Å². The highest BCUT2D eigenvalue weighted by Gasteiger charge is 2.08. The van der Waals surface area contributed by atoms with E-state index >= 15 is 0 Å². The number of aromatic amines is 1. The molecule has 0 aliphatic heterocycles. The first kappa shape index (κ1) is 16.1. The molecule has 4 aromatic rings. The summed E-state index contributed by atoms with van der Waals surface area (Å²) in [6.07, 6.45) is 5.49. The van der Waals surface area contributed by atoms with Crippen LogP contribution in [-0.4, -0.2) is 25.7 Å². The van der Waals surface area contributed by atoms with Crippen LogP contribution in [0.3, 0.4) is 0 Å². The molecule has 2 N–H and O–H groups in total. The number of fused-ring (bicyclic) bond motifs is 1. The highest BCUT2D eigenvalue weighted by molar-refractivity contribution is 5.88. The number of nitrogens with zero attached hydrogens (tertiary/aromatic N) is 3. The molecule has 0 aliphatic carbocycles. The van der Waals surface area contributed by atoms with E-state index < -0.39 is 0 Å². The third-order valence-corrected chi connectivity index (χ3v) is 4.35. The number of benzene rings is 2. The van der Waals surface area contributed by atoms with Crippen LogP contribution in [0.4, 0.5) is 0 Å². The quantitative estimate of drug-likeness (QED) is 0.564. The molecule has 2 aromatic heterocycles. The van der Waals surface area contributed by atoms with Crippen LogP contribution in [0.25, 0.3) is 10.9 Å². The average Bonchev–Trinajstić information content (AvgIpc) is 3.32. The number of hydrogen-bond donors (Lipinski definition) is 2. The summed E-state index contributed by atoms with van der Waals surface area (Å²) in [6.45, 7) is 1.21. The second-order valence-electron chi connectivity index (χ2n) is 6.22. The van der Waals surface area contributed by atoms with Crippen LogP contribution in [0.15, 0.2) is 67.4 Å². The number of aromatic nitrogens is 4. The van der Waals surface area contributed by atoms with Gasteiger partial charge in [-0.25, -0.2) is 9.67 Å². The molecule has 2 heterocycles. The predicted molar refractivity (Wildman–Crippen MR) is 99.4 cm³/mol. The van der Waals surface area contributed by atoms with Crippen molar-refractivity contribution < 1.29 is 4.79 Å². The fourth-order valence-electron chi connectivity index (χ4n) is 2.98. The van der Waals surface area contributed by atoms with Gasteiger partial charge in [-0.05, 0) is 22.8 Å². The van der Waals surface area contributed by atoms with Crippen molar-refractivity contribution in [3.05, 3.63) is 84.1 Å². The topological polar surface area (TPSA) is 75.6 Å². The molecule has 0 spiro atoms. The third-order valence-electron chi connectivity index (χ3n) is 4.35. The molecule has 2 aromatic carbocycles. The number of para-hydroxylation sites is 1. The Balaban J connectivity index is 1.32. The van der Waals surface area contributed by atoms with Gasteiger partial charge in [0.15, 0.2) is 0 Å². The maximum absolute atomic E-state index is 12.3. The van der Waals surface area contributed by atoms with Crippen LogP contribution < -0.4 is 5.32 Å². The van der Waals surface area contributed by atoms with Gasteiger partial charge in [0.05, 0.1) is 13.0 Å². The number of nitrogens with one attached hydrogen (secondary N) is 2. The highest BCUT2D eigenvalue weighted by atomic mass is 16.1. The van der Waals surface area contributed by atoms with Gasteiger partial charge >= 0.3 is 0 Å². The molecule has 1 amide bonds. The monoisotopic (exact) mass is 345 g/mol. The normalized spacial score (nSPS) is 10.9.